The van der Waals surface area contributed by atoms with Gasteiger partial charge in [-0.1, -0.05) is 36.2 Å². The van der Waals surface area contributed by atoms with Gasteiger partial charge in [0.05, 0.1) is 10.6 Å². The van der Waals surface area contributed by atoms with E-state index in [-0.39, 0.29) is 4.90 Å². The molecule has 1 heterocycles. The second-order valence-corrected chi connectivity index (χ2v) is 9.70. The van der Waals surface area contributed by atoms with E-state index < -0.39 is 9.84 Å². The van der Waals surface area contributed by atoms with Gasteiger partial charge in [0.2, 0.25) is 0 Å². The van der Waals surface area contributed by atoms with E-state index in [2.05, 4.69) is 36.2 Å². The summed E-state index contributed by atoms with van der Waals surface area (Å²) in [5.74, 6) is 0. The van der Waals surface area contributed by atoms with E-state index in [1.807, 2.05) is 6.07 Å². The zero-order valence-corrected chi connectivity index (χ0v) is 15.6. The van der Waals surface area contributed by atoms with Gasteiger partial charge in [0.1, 0.15) is 0 Å². The molecule has 0 amide bonds. The number of benzene rings is 1. The van der Waals surface area contributed by atoms with Crippen LogP contribution in [0.2, 0.25) is 0 Å². The summed E-state index contributed by atoms with van der Waals surface area (Å²) in [5, 5.41) is 0. The number of allylic oxidation sites excluding steroid dienone is 2. The Labute approximate surface area is 149 Å². The Balaban J connectivity index is 1.77. The zero-order valence-electron chi connectivity index (χ0n) is 14.7. The van der Waals surface area contributed by atoms with Gasteiger partial charge in [-0.05, 0) is 66.9 Å². The van der Waals surface area contributed by atoms with Gasteiger partial charge >= 0.3 is 0 Å². The van der Waals surface area contributed by atoms with Crippen LogP contribution in [0, 0.1) is 12.3 Å². The van der Waals surface area contributed by atoms with Gasteiger partial charge in [-0.2, -0.15) is 0 Å². The smallest absolute Gasteiger partial charge is 0.177 e. The Kier molecular flexibility index (Phi) is 3.84. The van der Waals surface area contributed by atoms with Crippen LogP contribution >= 0.6 is 0 Å². The molecule has 1 aromatic carbocycles. The third kappa shape index (κ3) is 3.04. The second-order valence-electron chi connectivity index (χ2n) is 7.68. The summed E-state index contributed by atoms with van der Waals surface area (Å²) in [6.07, 6.45) is 8.77. The van der Waals surface area contributed by atoms with Crippen molar-refractivity contribution in [2.45, 2.75) is 43.9 Å². The topological polar surface area (TPSA) is 47.0 Å². The van der Waals surface area contributed by atoms with Crippen molar-refractivity contribution < 1.29 is 8.42 Å². The van der Waals surface area contributed by atoms with Crippen LogP contribution in [0.1, 0.15) is 48.9 Å². The van der Waals surface area contributed by atoms with Gasteiger partial charge in [0.25, 0.3) is 0 Å². The number of nitrogens with zero attached hydrogens (tertiary/aromatic N) is 1. The largest absolute Gasteiger partial charge is 0.255 e. The van der Waals surface area contributed by atoms with Crippen molar-refractivity contribution >= 4 is 21.0 Å². The molecule has 1 spiro atoms. The first-order chi connectivity index (χ1) is 11.9. The highest BCUT2D eigenvalue weighted by Gasteiger charge is 2.44. The summed E-state index contributed by atoms with van der Waals surface area (Å²) in [6.45, 7) is 2.10. The number of aromatic nitrogens is 1. The third-order valence-electron chi connectivity index (χ3n) is 5.76. The summed E-state index contributed by atoms with van der Waals surface area (Å²) < 4.78 is 23.4. The van der Waals surface area contributed by atoms with Crippen molar-refractivity contribution in [2.75, 3.05) is 6.26 Å². The molecule has 0 bridgehead atoms. The lowest BCUT2D eigenvalue weighted by Crippen LogP contribution is -2.26. The summed E-state index contributed by atoms with van der Waals surface area (Å²) in [7, 11) is -3.21. The first kappa shape index (κ1) is 16.5. The van der Waals surface area contributed by atoms with Crippen LogP contribution in [0.25, 0.3) is 11.1 Å². The van der Waals surface area contributed by atoms with Crippen LogP contribution in [0.4, 0.5) is 0 Å². The highest BCUT2D eigenvalue weighted by Crippen LogP contribution is 2.59. The molecule has 2 aliphatic carbocycles. The number of hydrogen-bond donors (Lipinski definition) is 0. The SMILES string of the molecule is Cc1ccc(C2=C(c3ccc(S(C)(=O)=O)cn3)CC3(CCC3)C2)cc1. The fourth-order valence-electron chi connectivity index (χ4n) is 4.11. The molecule has 1 aromatic heterocycles. The quantitative estimate of drug-likeness (QED) is 0.806. The number of pyridine rings is 1. The second kappa shape index (κ2) is 5.80. The molecule has 0 radical (unpaired) electrons. The molecule has 4 rings (SSSR count). The van der Waals surface area contributed by atoms with E-state index >= 15 is 0 Å². The van der Waals surface area contributed by atoms with Gasteiger partial charge in [-0.15, -0.1) is 0 Å². The molecule has 4 heteroatoms. The van der Waals surface area contributed by atoms with Gasteiger partial charge in [0.15, 0.2) is 9.84 Å². The molecule has 0 saturated heterocycles. The fourth-order valence-corrected chi connectivity index (χ4v) is 4.67. The average molecular weight is 353 g/mol. The number of rotatable bonds is 3. The van der Waals surface area contributed by atoms with E-state index in [1.165, 1.54) is 54.0 Å². The molecular formula is C21H23NO2S. The van der Waals surface area contributed by atoms with E-state index in [4.69, 9.17) is 0 Å². The van der Waals surface area contributed by atoms with Crippen molar-refractivity contribution in [3.63, 3.8) is 0 Å². The van der Waals surface area contributed by atoms with Crippen LogP contribution in [0.15, 0.2) is 47.5 Å². The molecule has 0 N–H and O–H groups in total. The monoisotopic (exact) mass is 353 g/mol. The lowest BCUT2D eigenvalue weighted by molar-refractivity contribution is 0.157. The lowest BCUT2D eigenvalue weighted by Gasteiger charge is -2.39. The van der Waals surface area contributed by atoms with Crippen molar-refractivity contribution in [2.24, 2.45) is 5.41 Å². The normalized spacial score (nSPS) is 19.3. The predicted molar refractivity (Wildman–Crippen MR) is 101 cm³/mol. The Morgan fingerprint density at radius 3 is 2.16 bits per heavy atom. The Morgan fingerprint density at radius 2 is 1.64 bits per heavy atom. The maximum absolute atomic E-state index is 11.7. The summed E-state index contributed by atoms with van der Waals surface area (Å²) in [5.41, 5.74) is 6.55. The van der Waals surface area contributed by atoms with E-state index in [0.29, 0.717) is 5.41 Å². The molecule has 0 unspecified atom stereocenters. The molecular weight excluding hydrogens is 330 g/mol. The minimum Gasteiger partial charge on any atom is -0.255 e. The standard InChI is InChI=1S/C21H23NO2S/c1-15-4-6-16(7-5-15)18-12-21(10-3-11-21)13-19(18)20-9-8-17(14-22-20)25(2,23)24/h4-9,14H,3,10-13H2,1-2H3. The molecule has 130 valence electrons. The number of hydrogen-bond acceptors (Lipinski definition) is 3. The average Bonchev–Trinajstić information content (AvgIpc) is 2.96. The van der Waals surface area contributed by atoms with Gasteiger partial charge in [-0.25, -0.2) is 8.42 Å². The lowest BCUT2D eigenvalue weighted by atomic mass is 9.66. The molecule has 25 heavy (non-hydrogen) atoms. The Hall–Kier alpha value is -1.94. The molecule has 3 nitrogen and oxygen atoms in total. The first-order valence-electron chi connectivity index (χ1n) is 8.82. The van der Waals surface area contributed by atoms with Gasteiger partial charge in [-0.3, -0.25) is 4.98 Å². The molecule has 0 aliphatic heterocycles. The minimum absolute atomic E-state index is 0.282. The third-order valence-corrected chi connectivity index (χ3v) is 6.85. The van der Waals surface area contributed by atoms with Crippen molar-refractivity contribution in [1.29, 1.82) is 0 Å². The van der Waals surface area contributed by atoms with Crippen molar-refractivity contribution in [3.05, 3.63) is 59.4 Å². The van der Waals surface area contributed by atoms with E-state index in [9.17, 15) is 8.42 Å². The summed E-state index contributed by atoms with van der Waals surface area (Å²) in [4.78, 5) is 4.79. The van der Waals surface area contributed by atoms with E-state index in [1.54, 1.807) is 6.07 Å². The highest BCUT2D eigenvalue weighted by molar-refractivity contribution is 7.90. The summed E-state index contributed by atoms with van der Waals surface area (Å²) in [6, 6.07) is 12.3. The van der Waals surface area contributed by atoms with Crippen LogP contribution in [-0.4, -0.2) is 19.7 Å². The predicted octanol–water partition coefficient (Wildman–Crippen LogP) is 4.67. The van der Waals surface area contributed by atoms with Gasteiger partial charge in [0, 0.05) is 12.5 Å². The molecule has 1 saturated carbocycles. The number of aryl methyl sites for hydroxylation is 1. The zero-order chi connectivity index (χ0) is 17.7. The first-order valence-corrected chi connectivity index (χ1v) is 10.7. The van der Waals surface area contributed by atoms with Crippen LogP contribution in [0.3, 0.4) is 0 Å². The van der Waals surface area contributed by atoms with Crippen LogP contribution in [0.5, 0.6) is 0 Å². The molecule has 2 aromatic rings. The molecule has 2 aliphatic rings. The molecule has 0 atom stereocenters. The van der Waals surface area contributed by atoms with Crippen molar-refractivity contribution in [1.82, 2.24) is 4.98 Å². The Morgan fingerprint density at radius 1 is 0.960 bits per heavy atom. The van der Waals surface area contributed by atoms with Crippen LogP contribution < -0.4 is 0 Å². The molecule has 1 fully saturated rings. The van der Waals surface area contributed by atoms with Crippen LogP contribution in [-0.2, 0) is 9.84 Å². The fraction of sp³-hybridized carbons (Fsp3) is 0.381. The van der Waals surface area contributed by atoms with E-state index in [0.717, 1.165) is 18.5 Å². The Bertz CT molecular complexity index is 934. The maximum Gasteiger partial charge on any atom is 0.177 e. The summed E-state index contributed by atoms with van der Waals surface area (Å²) >= 11 is 0. The highest BCUT2D eigenvalue weighted by atomic mass is 32.2. The minimum atomic E-state index is -3.21. The number of sulfone groups is 1. The van der Waals surface area contributed by atoms with Gasteiger partial charge < -0.3 is 0 Å². The van der Waals surface area contributed by atoms with Crippen molar-refractivity contribution in [3.8, 4) is 0 Å². The maximum atomic E-state index is 11.7.